The first kappa shape index (κ1) is 14.4. The van der Waals surface area contributed by atoms with E-state index >= 15 is 0 Å². The van der Waals surface area contributed by atoms with Gasteiger partial charge in [0.05, 0.1) is 13.2 Å². The number of methoxy groups -OCH3 is 2. The fraction of sp³-hybridized carbons (Fsp3) is 0.625. The minimum Gasteiger partial charge on any atom is -0.497 e. The Morgan fingerprint density at radius 2 is 1.89 bits per heavy atom. The molecule has 3 heteroatoms. The summed E-state index contributed by atoms with van der Waals surface area (Å²) in [6.45, 7) is 2.27. The molecule has 0 amide bonds. The zero-order chi connectivity index (χ0) is 13.7. The largest absolute Gasteiger partial charge is 0.497 e. The maximum atomic E-state index is 5.30. The van der Waals surface area contributed by atoms with Gasteiger partial charge in [0.15, 0.2) is 0 Å². The van der Waals surface area contributed by atoms with Crippen LogP contribution in [-0.2, 0) is 11.2 Å². The van der Waals surface area contributed by atoms with Crippen molar-refractivity contribution in [1.29, 1.82) is 0 Å². The number of aryl methyl sites for hydroxylation is 1. The molecule has 19 heavy (non-hydrogen) atoms. The summed E-state index contributed by atoms with van der Waals surface area (Å²) in [5.41, 5.74) is 1.37. The molecular formula is C16H25NO2. The molecule has 1 aromatic carbocycles. The second kappa shape index (κ2) is 6.92. The molecule has 2 rings (SSSR count). The van der Waals surface area contributed by atoms with Crippen LogP contribution in [0.15, 0.2) is 24.3 Å². The van der Waals surface area contributed by atoms with Gasteiger partial charge in [0.2, 0.25) is 0 Å². The normalized spacial score (nSPS) is 23.7. The molecule has 0 spiro atoms. The molecular weight excluding hydrogens is 238 g/mol. The van der Waals surface area contributed by atoms with Crippen molar-refractivity contribution < 1.29 is 9.47 Å². The van der Waals surface area contributed by atoms with E-state index in [1.807, 2.05) is 12.1 Å². The number of hydrogen-bond donors (Lipinski definition) is 1. The van der Waals surface area contributed by atoms with E-state index in [-0.39, 0.29) is 0 Å². The standard InChI is InChI=1S/C16H25NO2/c1-12(17-14-10-16(11-14)19-3)4-5-13-6-8-15(18-2)9-7-13/h6-9,12,14,16-17H,4-5,10-11H2,1-3H3. The average molecular weight is 263 g/mol. The van der Waals surface area contributed by atoms with E-state index in [2.05, 4.69) is 24.4 Å². The molecule has 1 aliphatic carbocycles. The summed E-state index contributed by atoms with van der Waals surface area (Å²) in [6, 6.07) is 9.57. The van der Waals surface area contributed by atoms with Crippen molar-refractivity contribution in [1.82, 2.24) is 5.32 Å². The Hall–Kier alpha value is -1.06. The fourth-order valence-corrected chi connectivity index (χ4v) is 2.56. The topological polar surface area (TPSA) is 30.5 Å². The van der Waals surface area contributed by atoms with Crippen LogP contribution < -0.4 is 10.1 Å². The van der Waals surface area contributed by atoms with Crippen molar-refractivity contribution in [3.8, 4) is 5.75 Å². The van der Waals surface area contributed by atoms with E-state index in [1.54, 1.807) is 14.2 Å². The van der Waals surface area contributed by atoms with Crippen LogP contribution >= 0.6 is 0 Å². The third-order valence-electron chi connectivity index (χ3n) is 3.97. The minimum atomic E-state index is 0.478. The van der Waals surface area contributed by atoms with Crippen molar-refractivity contribution >= 4 is 0 Å². The molecule has 0 heterocycles. The Balaban J connectivity index is 1.66. The summed E-state index contributed by atoms with van der Waals surface area (Å²) < 4.78 is 10.5. The highest BCUT2D eigenvalue weighted by atomic mass is 16.5. The van der Waals surface area contributed by atoms with Crippen LogP contribution in [0.1, 0.15) is 31.7 Å². The van der Waals surface area contributed by atoms with Gasteiger partial charge in [-0.05, 0) is 50.3 Å². The van der Waals surface area contributed by atoms with E-state index in [4.69, 9.17) is 9.47 Å². The number of benzene rings is 1. The highest BCUT2D eigenvalue weighted by molar-refractivity contribution is 5.27. The fourth-order valence-electron chi connectivity index (χ4n) is 2.56. The van der Waals surface area contributed by atoms with Crippen molar-refractivity contribution in [2.45, 2.75) is 50.8 Å². The van der Waals surface area contributed by atoms with Crippen LogP contribution in [-0.4, -0.2) is 32.4 Å². The first-order chi connectivity index (χ1) is 9.21. The summed E-state index contributed by atoms with van der Waals surface area (Å²) in [5, 5.41) is 3.67. The van der Waals surface area contributed by atoms with Crippen molar-refractivity contribution in [3.63, 3.8) is 0 Å². The number of hydrogen-bond acceptors (Lipinski definition) is 3. The van der Waals surface area contributed by atoms with Crippen molar-refractivity contribution in [3.05, 3.63) is 29.8 Å². The van der Waals surface area contributed by atoms with E-state index < -0.39 is 0 Å². The lowest BCUT2D eigenvalue weighted by Gasteiger charge is -2.36. The maximum Gasteiger partial charge on any atom is 0.118 e. The van der Waals surface area contributed by atoms with Gasteiger partial charge in [-0.25, -0.2) is 0 Å². The first-order valence-electron chi connectivity index (χ1n) is 7.13. The molecule has 1 unspecified atom stereocenters. The van der Waals surface area contributed by atoms with Gasteiger partial charge < -0.3 is 14.8 Å². The Morgan fingerprint density at radius 1 is 1.21 bits per heavy atom. The predicted octanol–water partition coefficient (Wildman–Crippen LogP) is 2.78. The van der Waals surface area contributed by atoms with Crippen LogP contribution in [0.4, 0.5) is 0 Å². The van der Waals surface area contributed by atoms with Crippen molar-refractivity contribution in [2.75, 3.05) is 14.2 Å². The quantitative estimate of drug-likeness (QED) is 0.820. The summed E-state index contributed by atoms with van der Waals surface area (Å²) in [6.07, 6.45) is 5.07. The second-order valence-electron chi connectivity index (χ2n) is 5.48. The zero-order valence-electron chi connectivity index (χ0n) is 12.2. The molecule has 3 nitrogen and oxygen atoms in total. The first-order valence-corrected chi connectivity index (χ1v) is 7.13. The molecule has 1 aromatic rings. The molecule has 1 fully saturated rings. The van der Waals surface area contributed by atoms with E-state index in [0.717, 1.165) is 25.0 Å². The molecule has 0 aliphatic heterocycles. The Kier molecular flexibility index (Phi) is 5.23. The van der Waals surface area contributed by atoms with E-state index in [1.165, 1.54) is 12.0 Å². The van der Waals surface area contributed by atoms with Gasteiger partial charge in [0.1, 0.15) is 5.75 Å². The lowest BCUT2D eigenvalue weighted by Crippen LogP contribution is -2.48. The molecule has 1 N–H and O–H groups in total. The van der Waals surface area contributed by atoms with Crippen LogP contribution in [0, 0.1) is 0 Å². The third kappa shape index (κ3) is 4.22. The Bertz CT molecular complexity index is 371. The van der Waals surface area contributed by atoms with Gasteiger partial charge >= 0.3 is 0 Å². The Morgan fingerprint density at radius 3 is 2.47 bits per heavy atom. The van der Waals surface area contributed by atoms with Gasteiger partial charge in [0, 0.05) is 19.2 Å². The average Bonchev–Trinajstić information content (AvgIpc) is 2.40. The summed E-state index contributed by atoms with van der Waals surface area (Å²) in [5.74, 6) is 0.926. The highest BCUT2D eigenvalue weighted by Crippen LogP contribution is 2.23. The zero-order valence-corrected chi connectivity index (χ0v) is 12.2. The molecule has 1 atom stereocenters. The number of ether oxygens (including phenoxy) is 2. The SMILES string of the molecule is COc1ccc(CCC(C)NC2CC(OC)C2)cc1. The Labute approximate surface area is 116 Å². The molecule has 1 aliphatic rings. The van der Waals surface area contributed by atoms with Crippen LogP contribution in [0.25, 0.3) is 0 Å². The van der Waals surface area contributed by atoms with Crippen LogP contribution in [0.3, 0.4) is 0 Å². The van der Waals surface area contributed by atoms with Crippen LogP contribution in [0.2, 0.25) is 0 Å². The number of rotatable bonds is 7. The second-order valence-corrected chi connectivity index (χ2v) is 5.48. The third-order valence-corrected chi connectivity index (χ3v) is 3.97. The van der Waals surface area contributed by atoms with Gasteiger partial charge in [-0.2, -0.15) is 0 Å². The smallest absolute Gasteiger partial charge is 0.118 e. The maximum absolute atomic E-state index is 5.30. The lowest BCUT2D eigenvalue weighted by atomic mass is 9.88. The summed E-state index contributed by atoms with van der Waals surface area (Å²) >= 11 is 0. The molecule has 106 valence electrons. The van der Waals surface area contributed by atoms with Gasteiger partial charge in [0.25, 0.3) is 0 Å². The molecule has 0 bridgehead atoms. The molecule has 0 aromatic heterocycles. The summed E-state index contributed by atoms with van der Waals surface area (Å²) in [4.78, 5) is 0. The van der Waals surface area contributed by atoms with Gasteiger partial charge in [-0.15, -0.1) is 0 Å². The monoisotopic (exact) mass is 263 g/mol. The minimum absolute atomic E-state index is 0.478. The van der Waals surface area contributed by atoms with Crippen molar-refractivity contribution in [2.24, 2.45) is 0 Å². The number of nitrogens with one attached hydrogen (secondary N) is 1. The summed E-state index contributed by atoms with van der Waals surface area (Å²) in [7, 11) is 3.50. The van der Waals surface area contributed by atoms with E-state index in [9.17, 15) is 0 Å². The van der Waals surface area contributed by atoms with E-state index in [0.29, 0.717) is 18.2 Å². The van der Waals surface area contributed by atoms with Gasteiger partial charge in [-0.1, -0.05) is 12.1 Å². The predicted molar refractivity (Wildman–Crippen MR) is 77.7 cm³/mol. The molecule has 0 radical (unpaired) electrons. The molecule has 0 saturated heterocycles. The molecule has 1 saturated carbocycles. The van der Waals surface area contributed by atoms with Gasteiger partial charge in [-0.3, -0.25) is 0 Å². The lowest BCUT2D eigenvalue weighted by molar-refractivity contribution is 0.0145. The van der Waals surface area contributed by atoms with Crippen LogP contribution in [0.5, 0.6) is 5.75 Å². The highest BCUT2D eigenvalue weighted by Gasteiger charge is 2.29.